The number of carbonyl (C=O) groups excluding carboxylic acids is 1. The fraction of sp³-hybridized carbons (Fsp3) is 0.0833. The van der Waals surface area contributed by atoms with E-state index >= 15 is 0 Å². The summed E-state index contributed by atoms with van der Waals surface area (Å²) >= 11 is 0. The van der Waals surface area contributed by atoms with E-state index in [0.717, 1.165) is 22.4 Å². The van der Waals surface area contributed by atoms with E-state index in [1.54, 1.807) is 12.5 Å². The van der Waals surface area contributed by atoms with Gasteiger partial charge >= 0.3 is 0 Å². The normalized spacial score (nSPS) is 11.8. The van der Waals surface area contributed by atoms with Crippen LogP contribution >= 0.6 is 0 Å². The van der Waals surface area contributed by atoms with Gasteiger partial charge in [0.1, 0.15) is 0 Å². The molecule has 0 aliphatic rings. The largest absolute Gasteiger partial charge is 0.345 e. The molecule has 4 heteroatoms. The van der Waals surface area contributed by atoms with Crippen LogP contribution in [-0.2, 0) is 0 Å². The topological polar surface area (TPSA) is 46.9 Å². The van der Waals surface area contributed by atoms with Crippen LogP contribution in [0.1, 0.15) is 28.9 Å². The first-order valence-corrected chi connectivity index (χ1v) is 9.26. The molecule has 3 aromatic carbocycles. The average Bonchev–Trinajstić information content (AvgIpc) is 3.29. The summed E-state index contributed by atoms with van der Waals surface area (Å²) in [6, 6.07) is 25.7. The molecule has 1 amide bonds. The van der Waals surface area contributed by atoms with E-state index in [0.29, 0.717) is 5.56 Å². The third-order valence-corrected chi connectivity index (χ3v) is 4.80. The van der Waals surface area contributed by atoms with E-state index < -0.39 is 0 Å². The van der Waals surface area contributed by atoms with Gasteiger partial charge in [0.25, 0.3) is 5.91 Å². The maximum absolute atomic E-state index is 13.0. The second-order valence-corrected chi connectivity index (χ2v) is 6.67. The van der Waals surface area contributed by atoms with Gasteiger partial charge in [0.2, 0.25) is 0 Å². The third kappa shape index (κ3) is 3.71. The number of benzene rings is 3. The molecule has 0 aliphatic carbocycles. The van der Waals surface area contributed by atoms with Crippen molar-refractivity contribution in [3.8, 4) is 16.8 Å². The van der Waals surface area contributed by atoms with Gasteiger partial charge in [-0.05, 0) is 41.8 Å². The maximum Gasteiger partial charge on any atom is 0.252 e. The Kier molecular flexibility index (Phi) is 5.02. The number of amides is 1. The average molecular weight is 367 g/mol. The predicted octanol–water partition coefficient (Wildman–Crippen LogP) is 5.03. The standard InChI is InChI=1S/C24H21N3O/c1-18(19-11-13-21(14-12-19)27-16-15-25-17-27)26-24(28)23-10-6-5-9-22(23)20-7-3-2-4-8-20/h2-18H,1H3,(H,26,28)/t18-/m1/s1. The third-order valence-electron chi connectivity index (χ3n) is 4.80. The van der Waals surface area contributed by atoms with Crippen LogP contribution in [0.15, 0.2) is 97.6 Å². The van der Waals surface area contributed by atoms with Gasteiger partial charge in [-0.2, -0.15) is 0 Å². The molecule has 1 atom stereocenters. The molecule has 0 fully saturated rings. The minimum absolute atomic E-state index is 0.0781. The molecule has 138 valence electrons. The van der Waals surface area contributed by atoms with E-state index in [1.807, 2.05) is 96.6 Å². The van der Waals surface area contributed by atoms with Crippen molar-refractivity contribution in [1.82, 2.24) is 14.9 Å². The molecule has 0 radical (unpaired) electrons. The molecular weight excluding hydrogens is 346 g/mol. The molecule has 0 saturated carbocycles. The molecule has 1 heterocycles. The fourth-order valence-electron chi connectivity index (χ4n) is 3.26. The lowest BCUT2D eigenvalue weighted by Crippen LogP contribution is -2.27. The quantitative estimate of drug-likeness (QED) is 0.538. The molecule has 4 rings (SSSR count). The number of nitrogens with zero attached hydrogens (tertiary/aromatic N) is 2. The lowest BCUT2D eigenvalue weighted by atomic mass is 9.98. The molecule has 4 aromatic rings. The van der Waals surface area contributed by atoms with Crippen LogP contribution < -0.4 is 5.32 Å². The first-order chi connectivity index (χ1) is 13.7. The summed E-state index contributed by atoms with van der Waals surface area (Å²) in [5.74, 6) is -0.0781. The number of aromatic nitrogens is 2. The Morgan fingerprint density at radius 3 is 2.36 bits per heavy atom. The molecule has 1 N–H and O–H groups in total. The lowest BCUT2D eigenvalue weighted by Gasteiger charge is -2.17. The van der Waals surface area contributed by atoms with Crippen molar-refractivity contribution in [3.63, 3.8) is 0 Å². The highest BCUT2D eigenvalue weighted by Crippen LogP contribution is 2.24. The zero-order chi connectivity index (χ0) is 19.3. The van der Waals surface area contributed by atoms with Crippen LogP contribution in [0.4, 0.5) is 0 Å². The fourth-order valence-corrected chi connectivity index (χ4v) is 3.26. The number of nitrogens with one attached hydrogen (secondary N) is 1. The highest BCUT2D eigenvalue weighted by Gasteiger charge is 2.15. The summed E-state index contributed by atoms with van der Waals surface area (Å²) in [6.07, 6.45) is 5.42. The first kappa shape index (κ1) is 17.7. The molecule has 0 spiro atoms. The Hall–Kier alpha value is -3.66. The Morgan fingerprint density at radius 2 is 1.64 bits per heavy atom. The maximum atomic E-state index is 13.0. The number of rotatable bonds is 5. The Morgan fingerprint density at radius 1 is 0.929 bits per heavy atom. The van der Waals surface area contributed by atoms with Crippen LogP contribution in [0.2, 0.25) is 0 Å². The van der Waals surface area contributed by atoms with Gasteiger partial charge in [0, 0.05) is 23.6 Å². The van der Waals surface area contributed by atoms with Crippen LogP contribution in [0.5, 0.6) is 0 Å². The predicted molar refractivity (Wildman–Crippen MR) is 111 cm³/mol. The first-order valence-electron chi connectivity index (χ1n) is 9.26. The molecule has 1 aromatic heterocycles. The molecule has 0 bridgehead atoms. The monoisotopic (exact) mass is 367 g/mol. The van der Waals surface area contributed by atoms with Gasteiger partial charge in [-0.25, -0.2) is 4.98 Å². The number of imidazole rings is 1. The smallest absolute Gasteiger partial charge is 0.252 e. The van der Waals surface area contributed by atoms with E-state index in [-0.39, 0.29) is 11.9 Å². The van der Waals surface area contributed by atoms with Gasteiger partial charge in [0.15, 0.2) is 0 Å². The second-order valence-electron chi connectivity index (χ2n) is 6.67. The van der Waals surface area contributed by atoms with Gasteiger partial charge in [-0.3, -0.25) is 4.79 Å². The van der Waals surface area contributed by atoms with Gasteiger partial charge in [0.05, 0.1) is 12.4 Å². The molecule has 0 unspecified atom stereocenters. The van der Waals surface area contributed by atoms with Crippen molar-refractivity contribution in [2.75, 3.05) is 0 Å². The summed E-state index contributed by atoms with van der Waals surface area (Å²) < 4.78 is 1.95. The van der Waals surface area contributed by atoms with Gasteiger partial charge in [-0.15, -0.1) is 0 Å². The lowest BCUT2D eigenvalue weighted by molar-refractivity contribution is 0.0940. The van der Waals surface area contributed by atoms with Crippen molar-refractivity contribution >= 4 is 5.91 Å². The van der Waals surface area contributed by atoms with Crippen LogP contribution in [0.25, 0.3) is 16.8 Å². The zero-order valence-corrected chi connectivity index (χ0v) is 15.6. The van der Waals surface area contributed by atoms with Crippen molar-refractivity contribution in [2.24, 2.45) is 0 Å². The number of carbonyl (C=O) groups is 1. The van der Waals surface area contributed by atoms with E-state index in [9.17, 15) is 4.79 Å². The molecule has 0 aliphatic heterocycles. The summed E-state index contributed by atoms with van der Waals surface area (Å²) in [5, 5.41) is 3.12. The van der Waals surface area contributed by atoms with Crippen molar-refractivity contribution in [3.05, 3.63) is 109 Å². The highest BCUT2D eigenvalue weighted by molar-refractivity contribution is 6.01. The Bertz CT molecular complexity index is 1050. The van der Waals surface area contributed by atoms with E-state index in [2.05, 4.69) is 10.3 Å². The molecule has 0 saturated heterocycles. The summed E-state index contributed by atoms with van der Waals surface area (Å²) in [7, 11) is 0. The number of hydrogen-bond acceptors (Lipinski definition) is 2. The summed E-state index contributed by atoms with van der Waals surface area (Å²) in [5.41, 5.74) is 4.73. The Balaban J connectivity index is 1.53. The molecular formula is C24H21N3O. The van der Waals surface area contributed by atoms with Gasteiger partial charge < -0.3 is 9.88 Å². The van der Waals surface area contributed by atoms with Crippen molar-refractivity contribution < 1.29 is 4.79 Å². The van der Waals surface area contributed by atoms with Crippen LogP contribution in [0.3, 0.4) is 0 Å². The number of hydrogen-bond donors (Lipinski definition) is 1. The second kappa shape index (κ2) is 7.92. The molecule has 4 nitrogen and oxygen atoms in total. The van der Waals surface area contributed by atoms with E-state index in [4.69, 9.17) is 0 Å². The minimum Gasteiger partial charge on any atom is -0.345 e. The van der Waals surface area contributed by atoms with Crippen molar-refractivity contribution in [1.29, 1.82) is 0 Å². The van der Waals surface area contributed by atoms with E-state index in [1.165, 1.54) is 0 Å². The summed E-state index contributed by atoms with van der Waals surface area (Å²) in [6.45, 7) is 2.00. The van der Waals surface area contributed by atoms with Gasteiger partial charge in [-0.1, -0.05) is 60.7 Å². The Labute approximate surface area is 164 Å². The van der Waals surface area contributed by atoms with Crippen LogP contribution in [-0.4, -0.2) is 15.5 Å². The molecule has 28 heavy (non-hydrogen) atoms. The summed E-state index contributed by atoms with van der Waals surface area (Å²) in [4.78, 5) is 17.0. The van der Waals surface area contributed by atoms with Crippen molar-refractivity contribution in [2.45, 2.75) is 13.0 Å². The zero-order valence-electron chi connectivity index (χ0n) is 15.6. The SMILES string of the molecule is C[C@@H](NC(=O)c1ccccc1-c1ccccc1)c1ccc(-n2ccnc2)cc1. The minimum atomic E-state index is -0.104. The van der Waals surface area contributed by atoms with Crippen LogP contribution in [0, 0.1) is 0 Å². The highest BCUT2D eigenvalue weighted by atomic mass is 16.1.